The minimum Gasteiger partial charge on any atom is -0.497 e. The molecule has 0 saturated carbocycles. The van der Waals surface area contributed by atoms with E-state index >= 15 is 0 Å². The van der Waals surface area contributed by atoms with E-state index in [9.17, 15) is 4.79 Å². The highest BCUT2D eigenvalue weighted by molar-refractivity contribution is 6.04. The van der Waals surface area contributed by atoms with Crippen molar-refractivity contribution in [2.24, 2.45) is 0 Å². The maximum Gasteiger partial charge on any atom is 0.255 e. The summed E-state index contributed by atoms with van der Waals surface area (Å²) < 4.78 is 5.05. The molecule has 0 spiro atoms. The Morgan fingerprint density at radius 2 is 1.72 bits per heavy atom. The van der Waals surface area contributed by atoms with Crippen molar-refractivity contribution in [2.75, 3.05) is 12.4 Å². The minimum absolute atomic E-state index is 0.119. The number of hydrogen-bond acceptors (Lipinski definition) is 2. The normalized spacial score (nSPS) is 9.89. The topological polar surface area (TPSA) is 38.3 Å². The predicted molar refractivity (Wildman–Crippen MR) is 72.1 cm³/mol. The Bertz CT molecular complexity index is 547. The smallest absolute Gasteiger partial charge is 0.255 e. The zero-order valence-corrected chi connectivity index (χ0v) is 10.4. The van der Waals surface area contributed by atoms with Crippen LogP contribution in [0, 0.1) is 6.92 Å². The first-order valence-corrected chi connectivity index (χ1v) is 5.72. The molecular formula is C15H15NO2. The molecule has 2 rings (SSSR count). The number of ether oxygens (including phenoxy) is 1. The maximum absolute atomic E-state index is 12.0. The third-order valence-corrected chi connectivity index (χ3v) is 2.75. The fourth-order valence-electron chi connectivity index (χ4n) is 1.65. The molecule has 0 aliphatic rings. The summed E-state index contributed by atoms with van der Waals surface area (Å²) in [5.41, 5.74) is 2.48. The number of hydrogen-bond donors (Lipinski definition) is 1. The predicted octanol–water partition coefficient (Wildman–Crippen LogP) is 3.26. The van der Waals surface area contributed by atoms with Gasteiger partial charge in [0.2, 0.25) is 0 Å². The van der Waals surface area contributed by atoms with Crippen LogP contribution in [0.5, 0.6) is 5.75 Å². The van der Waals surface area contributed by atoms with Gasteiger partial charge in [-0.3, -0.25) is 4.79 Å². The molecular weight excluding hydrogens is 226 g/mol. The standard InChI is InChI=1S/C15H15NO2/c1-11-5-3-4-6-14(11)16-15(17)12-7-9-13(18-2)10-8-12/h3-10H,1-2H3,(H,16,17). The number of amides is 1. The van der Waals surface area contributed by atoms with Crippen molar-refractivity contribution >= 4 is 11.6 Å². The van der Waals surface area contributed by atoms with Crippen molar-refractivity contribution in [3.63, 3.8) is 0 Å². The average molecular weight is 241 g/mol. The highest BCUT2D eigenvalue weighted by Crippen LogP contribution is 2.16. The average Bonchev–Trinajstić information content (AvgIpc) is 2.41. The molecule has 0 aromatic heterocycles. The van der Waals surface area contributed by atoms with Gasteiger partial charge in [-0.25, -0.2) is 0 Å². The lowest BCUT2D eigenvalue weighted by molar-refractivity contribution is 0.102. The number of benzene rings is 2. The van der Waals surface area contributed by atoms with E-state index in [0.29, 0.717) is 5.56 Å². The molecule has 3 heteroatoms. The molecule has 2 aromatic rings. The summed E-state index contributed by atoms with van der Waals surface area (Å²) in [6.45, 7) is 1.96. The zero-order chi connectivity index (χ0) is 13.0. The first-order chi connectivity index (χ1) is 8.70. The van der Waals surface area contributed by atoms with Crippen LogP contribution in [0.2, 0.25) is 0 Å². The van der Waals surface area contributed by atoms with E-state index in [1.54, 1.807) is 31.4 Å². The maximum atomic E-state index is 12.0. The zero-order valence-electron chi connectivity index (χ0n) is 10.4. The number of carbonyl (C=O) groups is 1. The summed E-state index contributed by atoms with van der Waals surface area (Å²) in [5.74, 6) is 0.620. The van der Waals surface area contributed by atoms with Crippen molar-refractivity contribution in [1.29, 1.82) is 0 Å². The van der Waals surface area contributed by atoms with Crippen LogP contribution in [0.25, 0.3) is 0 Å². The Balaban J connectivity index is 2.14. The monoisotopic (exact) mass is 241 g/mol. The lowest BCUT2D eigenvalue weighted by Crippen LogP contribution is -2.12. The summed E-state index contributed by atoms with van der Waals surface area (Å²) >= 11 is 0. The first kappa shape index (κ1) is 12.2. The molecule has 0 unspecified atom stereocenters. The van der Waals surface area contributed by atoms with Gasteiger partial charge in [0.25, 0.3) is 5.91 Å². The van der Waals surface area contributed by atoms with Crippen molar-refractivity contribution < 1.29 is 9.53 Å². The molecule has 2 aromatic carbocycles. The summed E-state index contributed by atoms with van der Waals surface area (Å²) in [6, 6.07) is 14.7. The van der Waals surface area contributed by atoms with E-state index in [0.717, 1.165) is 17.0 Å². The molecule has 0 atom stereocenters. The summed E-state index contributed by atoms with van der Waals surface area (Å²) in [4.78, 5) is 12.0. The van der Waals surface area contributed by atoms with Crippen molar-refractivity contribution in [1.82, 2.24) is 0 Å². The van der Waals surface area contributed by atoms with Gasteiger partial charge in [0.05, 0.1) is 7.11 Å². The molecule has 0 saturated heterocycles. The fourth-order valence-corrected chi connectivity index (χ4v) is 1.65. The van der Waals surface area contributed by atoms with Gasteiger partial charge >= 0.3 is 0 Å². The van der Waals surface area contributed by atoms with Crippen LogP contribution in [-0.4, -0.2) is 13.0 Å². The van der Waals surface area contributed by atoms with Crippen LogP contribution >= 0.6 is 0 Å². The Labute approximate surface area is 106 Å². The van der Waals surface area contributed by atoms with E-state index < -0.39 is 0 Å². The Hall–Kier alpha value is -2.29. The third kappa shape index (κ3) is 2.69. The second-order valence-corrected chi connectivity index (χ2v) is 4.00. The molecule has 0 aliphatic carbocycles. The lowest BCUT2D eigenvalue weighted by atomic mass is 10.1. The van der Waals surface area contributed by atoms with Gasteiger partial charge in [0.1, 0.15) is 5.75 Å². The molecule has 0 aliphatic heterocycles. The van der Waals surface area contributed by atoms with Gasteiger partial charge in [-0.2, -0.15) is 0 Å². The molecule has 0 radical (unpaired) electrons. The van der Waals surface area contributed by atoms with Crippen molar-refractivity contribution in [3.05, 3.63) is 59.7 Å². The minimum atomic E-state index is -0.119. The molecule has 0 bridgehead atoms. The number of aryl methyl sites for hydroxylation is 1. The highest BCUT2D eigenvalue weighted by atomic mass is 16.5. The van der Waals surface area contributed by atoms with Gasteiger partial charge in [-0.05, 0) is 42.8 Å². The number of para-hydroxylation sites is 1. The Morgan fingerprint density at radius 1 is 1.06 bits per heavy atom. The number of anilines is 1. The molecule has 0 fully saturated rings. The van der Waals surface area contributed by atoms with Gasteiger partial charge in [0.15, 0.2) is 0 Å². The van der Waals surface area contributed by atoms with Crippen LogP contribution in [0.15, 0.2) is 48.5 Å². The van der Waals surface area contributed by atoms with Gasteiger partial charge in [0, 0.05) is 11.3 Å². The Kier molecular flexibility index (Phi) is 3.63. The van der Waals surface area contributed by atoms with E-state index in [4.69, 9.17) is 4.74 Å². The van der Waals surface area contributed by atoms with Crippen LogP contribution in [-0.2, 0) is 0 Å². The molecule has 18 heavy (non-hydrogen) atoms. The molecule has 1 N–H and O–H groups in total. The van der Waals surface area contributed by atoms with Crippen LogP contribution in [0.1, 0.15) is 15.9 Å². The SMILES string of the molecule is COc1ccc(C(=O)Nc2ccccc2C)cc1. The highest BCUT2D eigenvalue weighted by Gasteiger charge is 2.07. The molecule has 3 nitrogen and oxygen atoms in total. The van der Waals surface area contributed by atoms with Crippen molar-refractivity contribution in [3.8, 4) is 5.75 Å². The van der Waals surface area contributed by atoms with Gasteiger partial charge in [-0.1, -0.05) is 18.2 Å². The second kappa shape index (κ2) is 5.36. The quantitative estimate of drug-likeness (QED) is 0.895. The first-order valence-electron chi connectivity index (χ1n) is 5.72. The van der Waals surface area contributed by atoms with Gasteiger partial charge < -0.3 is 10.1 Å². The van der Waals surface area contributed by atoms with E-state index in [2.05, 4.69) is 5.32 Å². The summed E-state index contributed by atoms with van der Waals surface area (Å²) in [7, 11) is 1.60. The number of nitrogens with one attached hydrogen (secondary N) is 1. The summed E-state index contributed by atoms with van der Waals surface area (Å²) in [6.07, 6.45) is 0. The van der Waals surface area contributed by atoms with Crippen LogP contribution < -0.4 is 10.1 Å². The Morgan fingerprint density at radius 3 is 2.33 bits per heavy atom. The fraction of sp³-hybridized carbons (Fsp3) is 0.133. The second-order valence-electron chi connectivity index (χ2n) is 4.00. The largest absolute Gasteiger partial charge is 0.497 e. The number of rotatable bonds is 3. The number of carbonyl (C=O) groups excluding carboxylic acids is 1. The van der Waals surface area contributed by atoms with E-state index in [1.165, 1.54) is 0 Å². The molecule has 92 valence electrons. The van der Waals surface area contributed by atoms with Crippen LogP contribution in [0.4, 0.5) is 5.69 Å². The lowest BCUT2D eigenvalue weighted by Gasteiger charge is -2.08. The van der Waals surface area contributed by atoms with Crippen molar-refractivity contribution in [2.45, 2.75) is 6.92 Å². The third-order valence-electron chi connectivity index (χ3n) is 2.75. The molecule has 1 amide bonds. The van der Waals surface area contributed by atoms with E-state index in [-0.39, 0.29) is 5.91 Å². The van der Waals surface area contributed by atoms with Gasteiger partial charge in [-0.15, -0.1) is 0 Å². The van der Waals surface area contributed by atoms with E-state index in [1.807, 2.05) is 31.2 Å². The number of methoxy groups -OCH3 is 1. The molecule has 0 heterocycles. The summed E-state index contributed by atoms with van der Waals surface area (Å²) in [5, 5.41) is 2.88. The van der Waals surface area contributed by atoms with Crippen LogP contribution in [0.3, 0.4) is 0 Å².